The fraction of sp³-hybridized carbons (Fsp3) is 0.0714. The SMILES string of the molecule is C=CCNc1cc(C(=O)Nc2cccc(Cl)c2)ncn1. The highest BCUT2D eigenvalue weighted by Crippen LogP contribution is 2.15. The zero-order valence-electron chi connectivity index (χ0n) is 10.6. The van der Waals surface area contributed by atoms with Crippen molar-refractivity contribution in [2.24, 2.45) is 0 Å². The molecule has 0 spiro atoms. The van der Waals surface area contributed by atoms with Crippen LogP contribution in [0.4, 0.5) is 11.5 Å². The zero-order chi connectivity index (χ0) is 14.4. The average Bonchev–Trinajstić information content (AvgIpc) is 2.45. The van der Waals surface area contributed by atoms with E-state index >= 15 is 0 Å². The molecule has 0 saturated carbocycles. The lowest BCUT2D eigenvalue weighted by molar-refractivity contribution is 0.102. The first kappa shape index (κ1) is 14.0. The van der Waals surface area contributed by atoms with Gasteiger partial charge in [-0.25, -0.2) is 9.97 Å². The van der Waals surface area contributed by atoms with E-state index in [4.69, 9.17) is 11.6 Å². The van der Waals surface area contributed by atoms with Crippen LogP contribution in [0, 0.1) is 0 Å². The molecule has 0 radical (unpaired) electrons. The summed E-state index contributed by atoms with van der Waals surface area (Å²) in [5.41, 5.74) is 0.883. The highest BCUT2D eigenvalue weighted by atomic mass is 35.5. The van der Waals surface area contributed by atoms with Crippen LogP contribution in [-0.2, 0) is 0 Å². The standard InChI is InChI=1S/C14H13ClN4O/c1-2-6-16-13-8-12(17-9-18-13)14(20)19-11-5-3-4-10(15)7-11/h2-5,7-9H,1,6H2,(H,19,20)(H,16,17,18). The molecule has 0 saturated heterocycles. The molecule has 1 heterocycles. The smallest absolute Gasteiger partial charge is 0.274 e. The number of nitrogens with zero attached hydrogens (tertiary/aromatic N) is 2. The van der Waals surface area contributed by atoms with E-state index in [2.05, 4.69) is 27.2 Å². The van der Waals surface area contributed by atoms with Gasteiger partial charge in [0.05, 0.1) is 0 Å². The van der Waals surface area contributed by atoms with Crippen LogP contribution in [0.1, 0.15) is 10.5 Å². The number of anilines is 2. The minimum Gasteiger partial charge on any atom is -0.366 e. The number of hydrogen-bond donors (Lipinski definition) is 2. The number of carbonyl (C=O) groups excluding carboxylic acids is 1. The van der Waals surface area contributed by atoms with Gasteiger partial charge < -0.3 is 10.6 Å². The molecule has 0 aliphatic heterocycles. The van der Waals surface area contributed by atoms with E-state index in [9.17, 15) is 4.79 Å². The lowest BCUT2D eigenvalue weighted by Gasteiger charge is -2.06. The largest absolute Gasteiger partial charge is 0.366 e. The van der Waals surface area contributed by atoms with Crippen molar-refractivity contribution in [1.82, 2.24) is 9.97 Å². The monoisotopic (exact) mass is 288 g/mol. The maximum Gasteiger partial charge on any atom is 0.274 e. The van der Waals surface area contributed by atoms with Crippen molar-refractivity contribution < 1.29 is 4.79 Å². The number of carbonyl (C=O) groups is 1. The minimum atomic E-state index is -0.323. The van der Waals surface area contributed by atoms with Gasteiger partial charge >= 0.3 is 0 Å². The molecule has 102 valence electrons. The van der Waals surface area contributed by atoms with Crippen LogP contribution in [0.15, 0.2) is 49.3 Å². The van der Waals surface area contributed by atoms with Crippen molar-refractivity contribution in [3.8, 4) is 0 Å². The predicted molar refractivity (Wildman–Crippen MR) is 80.1 cm³/mol. The molecule has 2 aromatic rings. The van der Waals surface area contributed by atoms with Crippen LogP contribution in [-0.4, -0.2) is 22.4 Å². The molecule has 6 heteroatoms. The summed E-state index contributed by atoms with van der Waals surface area (Å²) in [7, 11) is 0. The molecule has 5 nitrogen and oxygen atoms in total. The Balaban J connectivity index is 2.10. The van der Waals surface area contributed by atoms with E-state index in [1.54, 1.807) is 36.4 Å². The number of halogens is 1. The lowest BCUT2D eigenvalue weighted by Crippen LogP contribution is -2.14. The normalized spacial score (nSPS) is 9.85. The van der Waals surface area contributed by atoms with Gasteiger partial charge in [0.15, 0.2) is 0 Å². The third kappa shape index (κ3) is 3.80. The van der Waals surface area contributed by atoms with Crippen molar-refractivity contribution in [1.29, 1.82) is 0 Å². The van der Waals surface area contributed by atoms with Gasteiger partial charge in [-0.1, -0.05) is 23.7 Å². The molecule has 0 aliphatic rings. The van der Waals surface area contributed by atoms with Crippen LogP contribution < -0.4 is 10.6 Å². The third-order valence-electron chi connectivity index (χ3n) is 2.41. The molecule has 0 bridgehead atoms. The fourth-order valence-electron chi connectivity index (χ4n) is 1.52. The van der Waals surface area contributed by atoms with Crippen molar-refractivity contribution in [3.05, 3.63) is 60.0 Å². The highest BCUT2D eigenvalue weighted by molar-refractivity contribution is 6.30. The Bertz CT molecular complexity index is 630. The number of hydrogen-bond acceptors (Lipinski definition) is 4. The summed E-state index contributed by atoms with van der Waals surface area (Å²) in [6.45, 7) is 4.16. The summed E-state index contributed by atoms with van der Waals surface area (Å²) in [5, 5.41) is 6.27. The molecule has 0 unspecified atom stereocenters. The predicted octanol–water partition coefficient (Wildman–Crippen LogP) is 2.98. The molecule has 1 aromatic carbocycles. The summed E-state index contributed by atoms with van der Waals surface area (Å²) >= 11 is 5.86. The molecular weight excluding hydrogens is 276 g/mol. The Hall–Kier alpha value is -2.40. The van der Waals surface area contributed by atoms with Gasteiger partial charge in [0.25, 0.3) is 5.91 Å². The van der Waals surface area contributed by atoms with E-state index in [1.165, 1.54) is 6.33 Å². The van der Waals surface area contributed by atoms with E-state index in [1.807, 2.05) is 0 Å². The van der Waals surface area contributed by atoms with Gasteiger partial charge in [0.2, 0.25) is 0 Å². The topological polar surface area (TPSA) is 66.9 Å². The third-order valence-corrected chi connectivity index (χ3v) is 2.64. The minimum absolute atomic E-state index is 0.270. The van der Waals surface area contributed by atoms with Crippen LogP contribution in [0.25, 0.3) is 0 Å². The Morgan fingerprint density at radius 2 is 2.20 bits per heavy atom. The van der Waals surface area contributed by atoms with Crippen LogP contribution >= 0.6 is 11.6 Å². The van der Waals surface area contributed by atoms with Gasteiger partial charge in [-0.15, -0.1) is 6.58 Å². The van der Waals surface area contributed by atoms with Gasteiger partial charge in [0.1, 0.15) is 17.8 Å². The summed E-state index contributed by atoms with van der Waals surface area (Å²) < 4.78 is 0. The van der Waals surface area contributed by atoms with E-state index < -0.39 is 0 Å². The lowest BCUT2D eigenvalue weighted by atomic mass is 10.3. The van der Waals surface area contributed by atoms with E-state index in [-0.39, 0.29) is 11.6 Å². The summed E-state index contributed by atoms with van der Waals surface area (Å²) in [6, 6.07) is 8.48. The van der Waals surface area contributed by atoms with Gasteiger partial charge in [0, 0.05) is 23.3 Å². The van der Waals surface area contributed by atoms with E-state index in [0.29, 0.717) is 23.1 Å². The molecular formula is C14H13ClN4O. The first-order valence-electron chi connectivity index (χ1n) is 5.93. The number of amides is 1. The number of rotatable bonds is 5. The van der Waals surface area contributed by atoms with Gasteiger partial charge in [-0.05, 0) is 18.2 Å². The van der Waals surface area contributed by atoms with Crippen molar-refractivity contribution in [2.75, 3.05) is 17.2 Å². The number of benzene rings is 1. The van der Waals surface area contributed by atoms with E-state index in [0.717, 1.165) is 0 Å². The average molecular weight is 289 g/mol. The molecule has 2 rings (SSSR count). The summed E-state index contributed by atoms with van der Waals surface area (Å²) in [5.74, 6) is 0.243. The second-order valence-corrected chi connectivity index (χ2v) is 4.36. The first-order valence-corrected chi connectivity index (χ1v) is 6.30. The number of aromatic nitrogens is 2. The zero-order valence-corrected chi connectivity index (χ0v) is 11.4. The molecule has 20 heavy (non-hydrogen) atoms. The van der Waals surface area contributed by atoms with Gasteiger partial charge in [-0.3, -0.25) is 4.79 Å². The van der Waals surface area contributed by atoms with Crippen molar-refractivity contribution in [3.63, 3.8) is 0 Å². The second kappa shape index (κ2) is 6.68. The Kier molecular flexibility index (Phi) is 4.68. The quantitative estimate of drug-likeness (QED) is 0.830. The Morgan fingerprint density at radius 1 is 1.35 bits per heavy atom. The highest BCUT2D eigenvalue weighted by Gasteiger charge is 2.09. The molecule has 0 atom stereocenters. The Morgan fingerprint density at radius 3 is 2.95 bits per heavy atom. The molecule has 0 fully saturated rings. The van der Waals surface area contributed by atoms with Crippen LogP contribution in [0.5, 0.6) is 0 Å². The van der Waals surface area contributed by atoms with Crippen molar-refractivity contribution in [2.45, 2.75) is 0 Å². The van der Waals surface area contributed by atoms with Crippen LogP contribution in [0.2, 0.25) is 5.02 Å². The maximum atomic E-state index is 12.1. The van der Waals surface area contributed by atoms with Crippen molar-refractivity contribution >= 4 is 29.0 Å². The molecule has 0 aliphatic carbocycles. The molecule has 2 N–H and O–H groups in total. The van der Waals surface area contributed by atoms with Crippen LogP contribution in [0.3, 0.4) is 0 Å². The fourth-order valence-corrected chi connectivity index (χ4v) is 1.71. The maximum absolute atomic E-state index is 12.1. The number of nitrogens with one attached hydrogen (secondary N) is 2. The van der Waals surface area contributed by atoms with Gasteiger partial charge in [-0.2, -0.15) is 0 Å². The summed E-state index contributed by atoms with van der Waals surface area (Å²) in [6.07, 6.45) is 3.03. The molecule has 1 amide bonds. The second-order valence-electron chi connectivity index (χ2n) is 3.92. The summed E-state index contributed by atoms with van der Waals surface area (Å²) in [4.78, 5) is 20.0. The first-order chi connectivity index (χ1) is 9.69. The molecule has 1 aromatic heterocycles. The Labute approximate surface area is 121 Å².